The van der Waals surface area contributed by atoms with E-state index >= 15 is 0 Å². The molecule has 0 radical (unpaired) electrons. The topological polar surface area (TPSA) is 87.2 Å². The summed E-state index contributed by atoms with van der Waals surface area (Å²) in [6.45, 7) is 2.39. The van der Waals surface area contributed by atoms with E-state index in [0.717, 1.165) is 0 Å². The molecule has 0 saturated heterocycles. The quantitative estimate of drug-likeness (QED) is 0.635. The monoisotopic (exact) mass is 227 g/mol. The first kappa shape index (κ1) is 12.7. The summed E-state index contributed by atoms with van der Waals surface area (Å²) in [5.74, 6) is 0.209. The minimum Gasteiger partial charge on any atom is -0.388 e. The Bertz CT molecular complexity index is 376. The second-order valence-electron chi connectivity index (χ2n) is 3.86. The lowest BCUT2D eigenvalue weighted by molar-refractivity contribution is 0.0357. The fourth-order valence-electron chi connectivity index (χ4n) is 1.16. The van der Waals surface area contributed by atoms with Crippen LogP contribution in [0.1, 0.15) is 13.3 Å². The van der Waals surface area contributed by atoms with Gasteiger partial charge in [-0.3, -0.25) is 4.79 Å². The molecular formula is C10H17N3O3. The second-order valence-corrected chi connectivity index (χ2v) is 3.86. The maximum atomic E-state index is 11.3. The molecule has 0 aliphatic heterocycles. The Labute approximate surface area is 93.7 Å². The lowest BCUT2D eigenvalue weighted by Crippen LogP contribution is -2.36. The van der Waals surface area contributed by atoms with E-state index in [1.807, 2.05) is 0 Å². The van der Waals surface area contributed by atoms with Gasteiger partial charge in [0.1, 0.15) is 0 Å². The van der Waals surface area contributed by atoms with Crippen LogP contribution < -0.4 is 10.9 Å². The number of rotatable bonds is 6. The average molecular weight is 227 g/mol. The van der Waals surface area contributed by atoms with Crippen molar-refractivity contribution in [1.82, 2.24) is 9.97 Å². The number of hydrogen-bond acceptors (Lipinski definition) is 5. The van der Waals surface area contributed by atoms with E-state index in [1.165, 1.54) is 12.4 Å². The molecule has 0 aromatic carbocycles. The van der Waals surface area contributed by atoms with Gasteiger partial charge in [-0.1, -0.05) is 0 Å². The predicted octanol–water partition coefficient (Wildman–Crippen LogP) is -0.0307. The molecule has 6 heteroatoms. The summed E-state index contributed by atoms with van der Waals surface area (Å²) < 4.78 is 4.88. The van der Waals surface area contributed by atoms with Gasteiger partial charge in [0, 0.05) is 39.1 Å². The van der Waals surface area contributed by atoms with Crippen LogP contribution in [0.5, 0.6) is 0 Å². The van der Waals surface area contributed by atoms with E-state index in [9.17, 15) is 9.90 Å². The number of aromatic amines is 1. The van der Waals surface area contributed by atoms with Crippen molar-refractivity contribution in [3.63, 3.8) is 0 Å². The second kappa shape index (κ2) is 5.62. The Morgan fingerprint density at radius 1 is 1.69 bits per heavy atom. The lowest BCUT2D eigenvalue weighted by Gasteiger charge is -2.23. The van der Waals surface area contributed by atoms with Crippen LogP contribution in [-0.2, 0) is 4.74 Å². The molecule has 90 valence electrons. The van der Waals surface area contributed by atoms with Gasteiger partial charge in [-0.2, -0.15) is 0 Å². The smallest absolute Gasteiger partial charge is 0.290 e. The Morgan fingerprint density at radius 2 is 2.44 bits per heavy atom. The largest absolute Gasteiger partial charge is 0.388 e. The van der Waals surface area contributed by atoms with Crippen LogP contribution in [0.3, 0.4) is 0 Å². The van der Waals surface area contributed by atoms with Crippen molar-refractivity contribution in [3.8, 4) is 0 Å². The predicted molar refractivity (Wildman–Crippen MR) is 60.5 cm³/mol. The molecule has 3 N–H and O–H groups in total. The third kappa shape index (κ3) is 4.00. The van der Waals surface area contributed by atoms with Gasteiger partial charge >= 0.3 is 0 Å². The van der Waals surface area contributed by atoms with Crippen LogP contribution in [0.2, 0.25) is 0 Å². The lowest BCUT2D eigenvalue weighted by atomic mass is 10.0. The molecule has 1 unspecified atom stereocenters. The highest BCUT2D eigenvalue weighted by Crippen LogP contribution is 2.09. The first-order valence-electron chi connectivity index (χ1n) is 5.04. The van der Waals surface area contributed by atoms with Gasteiger partial charge in [-0.15, -0.1) is 0 Å². The Hall–Kier alpha value is -1.40. The summed E-state index contributed by atoms with van der Waals surface area (Å²) in [4.78, 5) is 17.6. The summed E-state index contributed by atoms with van der Waals surface area (Å²) in [5.41, 5.74) is -1.23. The van der Waals surface area contributed by atoms with Crippen LogP contribution in [-0.4, -0.2) is 40.9 Å². The van der Waals surface area contributed by atoms with Crippen LogP contribution in [0.25, 0.3) is 0 Å². The third-order valence-corrected chi connectivity index (χ3v) is 2.19. The van der Waals surface area contributed by atoms with Crippen molar-refractivity contribution in [2.75, 3.05) is 25.6 Å². The summed E-state index contributed by atoms with van der Waals surface area (Å²) in [7, 11) is 1.58. The van der Waals surface area contributed by atoms with Crippen molar-refractivity contribution in [2.45, 2.75) is 18.9 Å². The fraction of sp³-hybridized carbons (Fsp3) is 0.600. The number of ether oxygens (including phenoxy) is 1. The highest BCUT2D eigenvalue weighted by Gasteiger charge is 2.20. The normalized spacial score (nSPS) is 14.4. The maximum absolute atomic E-state index is 11.3. The molecule has 0 aliphatic carbocycles. The summed E-state index contributed by atoms with van der Waals surface area (Å²) in [6, 6.07) is 0. The van der Waals surface area contributed by atoms with Crippen molar-refractivity contribution in [1.29, 1.82) is 0 Å². The summed E-state index contributed by atoms with van der Waals surface area (Å²) in [6.07, 6.45) is 3.42. The number of hydrogen-bond donors (Lipinski definition) is 3. The molecule has 0 bridgehead atoms. The third-order valence-electron chi connectivity index (χ3n) is 2.19. The molecule has 1 heterocycles. The number of methoxy groups -OCH3 is 1. The number of aliphatic hydroxyl groups is 1. The van der Waals surface area contributed by atoms with Gasteiger partial charge in [-0.05, 0) is 6.92 Å². The van der Waals surface area contributed by atoms with E-state index in [0.29, 0.717) is 13.0 Å². The van der Waals surface area contributed by atoms with Crippen LogP contribution >= 0.6 is 0 Å². The Morgan fingerprint density at radius 3 is 3.06 bits per heavy atom. The van der Waals surface area contributed by atoms with Gasteiger partial charge in [-0.25, -0.2) is 4.98 Å². The van der Waals surface area contributed by atoms with Gasteiger partial charge in [0.15, 0.2) is 5.82 Å². The average Bonchev–Trinajstić information content (AvgIpc) is 2.26. The van der Waals surface area contributed by atoms with Crippen molar-refractivity contribution in [2.24, 2.45) is 0 Å². The van der Waals surface area contributed by atoms with Crippen LogP contribution in [0.4, 0.5) is 5.82 Å². The minimum atomic E-state index is -0.931. The molecule has 0 fully saturated rings. The van der Waals surface area contributed by atoms with Crippen LogP contribution in [0.15, 0.2) is 17.2 Å². The molecule has 0 spiro atoms. The number of nitrogens with one attached hydrogen (secondary N) is 2. The zero-order valence-corrected chi connectivity index (χ0v) is 9.49. The highest BCUT2D eigenvalue weighted by atomic mass is 16.5. The number of aromatic nitrogens is 2. The van der Waals surface area contributed by atoms with Gasteiger partial charge in [0.05, 0.1) is 5.60 Å². The summed E-state index contributed by atoms with van der Waals surface area (Å²) >= 11 is 0. The molecular weight excluding hydrogens is 210 g/mol. The van der Waals surface area contributed by atoms with Gasteiger partial charge in [0.2, 0.25) is 0 Å². The van der Waals surface area contributed by atoms with E-state index in [2.05, 4.69) is 15.3 Å². The zero-order valence-electron chi connectivity index (χ0n) is 9.49. The number of nitrogens with zero attached hydrogens (tertiary/aromatic N) is 1. The zero-order chi connectivity index (χ0) is 12.0. The first-order valence-corrected chi connectivity index (χ1v) is 5.04. The van der Waals surface area contributed by atoms with E-state index in [1.54, 1.807) is 14.0 Å². The summed E-state index contributed by atoms with van der Waals surface area (Å²) in [5, 5.41) is 12.7. The molecule has 6 nitrogen and oxygen atoms in total. The van der Waals surface area contributed by atoms with Crippen molar-refractivity contribution >= 4 is 5.82 Å². The van der Waals surface area contributed by atoms with Gasteiger partial charge < -0.3 is 20.1 Å². The molecule has 0 amide bonds. The number of anilines is 1. The molecule has 0 saturated carbocycles. The van der Waals surface area contributed by atoms with Crippen molar-refractivity contribution in [3.05, 3.63) is 22.7 Å². The fourth-order valence-corrected chi connectivity index (χ4v) is 1.16. The standard InChI is InChI=1S/C10H17N3O3/c1-10(15,3-6-16-2)7-13-8-9(14)12-5-4-11-8/h4-5,15H,3,6-7H2,1-2H3,(H,11,13)(H,12,14). The molecule has 0 aliphatic rings. The van der Waals surface area contributed by atoms with E-state index < -0.39 is 5.60 Å². The molecule has 1 aromatic rings. The van der Waals surface area contributed by atoms with E-state index in [4.69, 9.17) is 4.74 Å². The Kier molecular flexibility index (Phi) is 4.45. The van der Waals surface area contributed by atoms with Crippen LogP contribution in [0, 0.1) is 0 Å². The van der Waals surface area contributed by atoms with E-state index in [-0.39, 0.29) is 17.9 Å². The molecule has 1 rings (SSSR count). The SMILES string of the molecule is COCCC(C)(O)CNc1ncc[nH]c1=O. The number of H-pyrrole nitrogens is 1. The van der Waals surface area contributed by atoms with Gasteiger partial charge in [0.25, 0.3) is 5.56 Å². The molecule has 1 aromatic heterocycles. The minimum absolute atomic E-state index is 0.209. The first-order chi connectivity index (χ1) is 7.55. The molecule has 1 atom stereocenters. The highest BCUT2D eigenvalue weighted by molar-refractivity contribution is 5.30. The van der Waals surface area contributed by atoms with Crippen molar-refractivity contribution < 1.29 is 9.84 Å². The Balaban J connectivity index is 2.51. The molecule has 16 heavy (non-hydrogen) atoms. The maximum Gasteiger partial charge on any atom is 0.290 e.